The summed E-state index contributed by atoms with van der Waals surface area (Å²) in [6.45, 7) is 6.75. The maximum Gasteiger partial charge on any atom is 0.267 e. The Morgan fingerprint density at radius 1 is 1.11 bits per heavy atom. The summed E-state index contributed by atoms with van der Waals surface area (Å²) in [6.07, 6.45) is 7.05. The average molecular weight is 664 g/mol. The molecule has 4 aromatic rings. The topological polar surface area (TPSA) is 158 Å². The van der Waals surface area contributed by atoms with Gasteiger partial charge in [-0.25, -0.2) is 19.9 Å². The quantitative estimate of drug-likeness (QED) is 0.122. The van der Waals surface area contributed by atoms with Gasteiger partial charge in [0.2, 0.25) is 5.91 Å². The fourth-order valence-electron chi connectivity index (χ4n) is 5.26. The summed E-state index contributed by atoms with van der Waals surface area (Å²) in [7, 11) is 2.00. The van der Waals surface area contributed by atoms with Crippen LogP contribution in [-0.2, 0) is 9.59 Å². The number of amides is 2. The minimum Gasteiger partial charge on any atom is -0.346 e. The number of anilines is 3. The fourth-order valence-corrected chi connectivity index (χ4v) is 6.24. The Hall–Kier alpha value is -4.20. The van der Waals surface area contributed by atoms with Gasteiger partial charge in [-0.3, -0.25) is 9.59 Å². The molecule has 242 valence electrons. The smallest absolute Gasteiger partial charge is 0.267 e. The number of thiazole rings is 1. The number of benzene rings is 1. The Bertz CT molecular complexity index is 1700. The third-order valence-electron chi connectivity index (χ3n) is 7.74. The van der Waals surface area contributed by atoms with Crippen molar-refractivity contribution >= 4 is 57.2 Å². The van der Waals surface area contributed by atoms with Crippen molar-refractivity contribution in [3.8, 4) is 11.4 Å². The minimum atomic E-state index is -0.309. The van der Waals surface area contributed by atoms with E-state index >= 15 is 0 Å². The average Bonchev–Trinajstić information content (AvgIpc) is 3.67. The number of imidazole rings is 1. The van der Waals surface area contributed by atoms with Gasteiger partial charge in [-0.05, 0) is 52.3 Å². The zero-order valence-corrected chi connectivity index (χ0v) is 27.9. The third-order valence-corrected chi connectivity index (χ3v) is 8.96. The van der Waals surface area contributed by atoms with Crippen LogP contribution >= 0.6 is 22.9 Å². The molecule has 3 aromatic heterocycles. The first kappa shape index (κ1) is 33.2. The van der Waals surface area contributed by atoms with Gasteiger partial charge in [-0.2, -0.15) is 0 Å². The van der Waals surface area contributed by atoms with E-state index in [0.717, 1.165) is 37.9 Å². The summed E-state index contributed by atoms with van der Waals surface area (Å²) < 4.78 is 0. The molecule has 0 bridgehead atoms. The largest absolute Gasteiger partial charge is 0.346 e. The molecular weight excluding hydrogens is 626 g/mol. The number of para-hydroxylation sites is 1. The van der Waals surface area contributed by atoms with E-state index in [2.05, 4.69) is 45.8 Å². The second kappa shape index (κ2) is 14.9. The molecule has 2 amide bonds. The number of Topliss-reactive ketones (excluding diaryl/α,β-unsaturated/α-hetero) is 1. The molecule has 1 atom stereocenters. The highest BCUT2D eigenvalue weighted by molar-refractivity contribution is 7.17. The lowest BCUT2D eigenvalue weighted by atomic mass is 9.99. The van der Waals surface area contributed by atoms with Crippen LogP contribution in [0.3, 0.4) is 0 Å². The number of aromatic amines is 1. The number of hydrogen-bond donors (Lipinski definition) is 4. The number of hydrogen-bond acceptors (Lipinski definition) is 10. The fraction of sp³-hybridized carbons (Fsp3) is 0.406. The number of unbranched alkanes of at least 4 members (excludes halogenated alkanes) is 2. The molecule has 4 N–H and O–H groups in total. The zero-order chi connectivity index (χ0) is 32.8. The van der Waals surface area contributed by atoms with Crippen LogP contribution in [-0.4, -0.2) is 67.6 Å². The molecule has 46 heavy (non-hydrogen) atoms. The molecule has 4 heterocycles. The lowest BCUT2D eigenvalue weighted by Crippen LogP contribution is -2.52. The summed E-state index contributed by atoms with van der Waals surface area (Å²) in [5.41, 5.74) is 2.72. The number of halogens is 1. The third kappa shape index (κ3) is 8.53. The number of H-pyrrole nitrogens is 1. The van der Waals surface area contributed by atoms with Crippen molar-refractivity contribution in [2.24, 2.45) is 5.92 Å². The molecule has 1 fully saturated rings. The highest BCUT2D eigenvalue weighted by Crippen LogP contribution is 2.29. The molecular formula is C32H38ClN9O3S. The number of nitrogens with one attached hydrogen (secondary N) is 4. The van der Waals surface area contributed by atoms with Crippen molar-refractivity contribution in [1.82, 2.24) is 35.1 Å². The standard InChI is InChI=1S/C32H38ClN9O3S/c1-18-9-8-11-22(33)28(18)41-31(45)26-15-35-32(46-26)40-27-13-24(36-20(3)37-27)25-14-34-29(38-25)23(12-7-5-6-10-19(2)43)39-30(44)21-16-42(4)17-21/h8-9,11,13-15,21,23H,5-7,10,12,16-17H2,1-4H3,(H,34,38)(H,39,44)(H,41,45)(H,35,36,37,40)/t23-/m0/s1. The van der Waals surface area contributed by atoms with Crippen molar-refractivity contribution in [2.75, 3.05) is 30.8 Å². The number of rotatable bonds is 14. The first-order valence-corrected chi connectivity index (χ1v) is 16.4. The number of aromatic nitrogens is 5. The number of ketones is 1. The molecule has 1 aliphatic heterocycles. The van der Waals surface area contributed by atoms with Crippen LogP contribution in [0.2, 0.25) is 5.02 Å². The summed E-state index contributed by atoms with van der Waals surface area (Å²) in [5.74, 6) is 1.56. The Morgan fingerprint density at radius 2 is 1.91 bits per heavy atom. The molecule has 5 rings (SSSR count). The van der Waals surface area contributed by atoms with Crippen molar-refractivity contribution in [2.45, 2.75) is 58.9 Å². The number of carbonyl (C=O) groups is 3. The number of carbonyl (C=O) groups excluding carboxylic acids is 3. The number of likely N-dealkylation sites (tertiary alicyclic amines) is 1. The predicted octanol–water partition coefficient (Wildman–Crippen LogP) is 5.85. The van der Waals surface area contributed by atoms with E-state index in [-0.39, 0.29) is 29.6 Å². The number of nitrogens with zero attached hydrogens (tertiary/aromatic N) is 5. The Balaban J connectivity index is 1.27. The van der Waals surface area contributed by atoms with Crippen LogP contribution in [0.4, 0.5) is 16.6 Å². The lowest BCUT2D eigenvalue weighted by molar-refractivity contribution is -0.130. The van der Waals surface area contributed by atoms with Gasteiger partial charge in [-0.1, -0.05) is 47.9 Å². The summed E-state index contributed by atoms with van der Waals surface area (Å²) in [6, 6.07) is 6.92. The van der Waals surface area contributed by atoms with Gasteiger partial charge in [0.25, 0.3) is 5.91 Å². The molecule has 1 saturated heterocycles. The van der Waals surface area contributed by atoms with Gasteiger partial charge in [-0.15, -0.1) is 0 Å². The van der Waals surface area contributed by atoms with E-state index in [1.807, 2.05) is 26.1 Å². The van der Waals surface area contributed by atoms with Crippen molar-refractivity contribution in [3.05, 3.63) is 63.8 Å². The summed E-state index contributed by atoms with van der Waals surface area (Å²) in [5, 5.41) is 10.2. The van der Waals surface area contributed by atoms with Crippen LogP contribution in [0.1, 0.15) is 72.0 Å². The SMILES string of the molecule is CC(=O)CCCCC[C@H](NC(=O)C1CN(C)C1)c1ncc(-c2cc(Nc3ncc(C(=O)Nc4c(C)cccc4Cl)s3)nc(C)n2)[nH]1. The second-order valence-corrected chi connectivity index (χ2v) is 13.1. The zero-order valence-electron chi connectivity index (χ0n) is 26.3. The molecule has 14 heteroatoms. The highest BCUT2D eigenvalue weighted by Gasteiger charge is 2.32. The summed E-state index contributed by atoms with van der Waals surface area (Å²) >= 11 is 7.46. The van der Waals surface area contributed by atoms with Gasteiger partial charge in [0.1, 0.15) is 28.1 Å². The molecule has 1 aromatic carbocycles. The van der Waals surface area contributed by atoms with E-state index in [1.165, 1.54) is 17.5 Å². The first-order valence-electron chi connectivity index (χ1n) is 15.2. The normalized spacial score (nSPS) is 14.0. The van der Waals surface area contributed by atoms with E-state index in [0.29, 0.717) is 62.4 Å². The Kier molecular flexibility index (Phi) is 10.8. The maximum absolute atomic E-state index is 12.9. The molecule has 0 unspecified atom stereocenters. The van der Waals surface area contributed by atoms with Gasteiger partial charge in [0, 0.05) is 25.6 Å². The summed E-state index contributed by atoms with van der Waals surface area (Å²) in [4.78, 5) is 61.1. The van der Waals surface area contributed by atoms with Crippen molar-refractivity contribution in [3.63, 3.8) is 0 Å². The Labute approximate surface area is 276 Å². The van der Waals surface area contributed by atoms with Crippen LogP contribution < -0.4 is 16.0 Å². The molecule has 0 spiro atoms. The van der Waals surface area contributed by atoms with E-state index in [1.54, 1.807) is 32.2 Å². The maximum atomic E-state index is 12.9. The minimum absolute atomic E-state index is 0.0210. The van der Waals surface area contributed by atoms with Crippen LogP contribution in [0.25, 0.3) is 11.4 Å². The number of aryl methyl sites for hydroxylation is 2. The van der Waals surface area contributed by atoms with Crippen molar-refractivity contribution < 1.29 is 14.4 Å². The van der Waals surface area contributed by atoms with Gasteiger partial charge in [0.15, 0.2) is 5.13 Å². The Morgan fingerprint density at radius 3 is 2.65 bits per heavy atom. The molecule has 0 saturated carbocycles. The molecule has 12 nitrogen and oxygen atoms in total. The van der Waals surface area contributed by atoms with Crippen LogP contribution in [0.5, 0.6) is 0 Å². The highest BCUT2D eigenvalue weighted by atomic mass is 35.5. The lowest BCUT2D eigenvalue weighted by Gasteiger charge is -2.35. The second-order valence-electron chi connectivity index (χ2n) is 11.7. The van der Waals surface area contributed by atoms with Crippen molar-refractivity contribution in [1.29, 1.82) is 0 Å². The van der Waals surface area contributed by atoms with E-state index in [9.17, 15) is 14.4 Å². The molecule has 1 aliphatic rings. The van der Waals surface area contributed by atoms with E-state index < -0.39 is 0 Å². The molecule has 0 radical (unpaired) electrons. The predicted molar refractivity (Wildman–Crippen MR) is 180 cm³/mol. The molecule has 0 aliphatic carbocycles. The first-order chi connectivity index (χ1) is 22.0. The monoisotopic (exact) mass is 663 g/mol. The van der Waals surface area contributed by atoms with Gasteiger partial charge < -0.3 is 30.6 Å². The van der Waals surface area contributed by atoms with Gasteiger partial charge >= 0.3 is 0 Å². The van der Waals surface area contributed by atoms with Crippen LogP contribution in [0, 0.1) is 19.8 Å². The van der Waals surface area contributed by atoms with Crippen LogP contribution in [0.15, 0.2) is 36.7 Å². The van der Waals surface area contributed by atoms with Gasteiger partial charge in [0.05, 0.1) is 46.5 Å². The van der Waals surface area contributed by atoms with E-state index in [4.69, 9.17) is 11.6 Å².